The Balaban J connectivity index is 2.03. The third-order valence-electron chi connectivity index (χ3n) is 5.20. The number of aryl methyl sites for hydroxylation is 2. The molecule has 1 nitrogen and oxygen atoms in total. The van der Waals surface area contributed by atoms with Crippen LogP contribution in [0.25, 0.3) is 0 Å². The number of carbonyl (C=O) groups is 1. The van der Waals surface area contributed by atoms with Gasteiger partial charge >= 0.3 is 0 Å². The van der Waals surface area contributed by atoms with E-state index in [4.69, 9.17) is 0 Å². The Bertz CT molecular complexity index is 856. The summed E-state index contributed by atoms with van der Waals surface area (Å²) in [5.74, 6) is 0.228. The monoisotopic (exact) mass is 312 g/mol. The van der Waals surface area contributed by atoms with Gasteiger partial charge in [0.25, 0.3) is 0 Å². The largest absolute Gasteiger partial charge is 0.294 e. The van der Waals surface area contributed by atoms with Crippen molar-refractivity contribution < 1.29 is 4.79 Å². The Labute approximate surface area is 143 Å². The standard InChI is InChI=1S/C23H20O/c1-16-7-11-18(12-8-16)23(19-13-9-17(2)10-14-19)15-22(24)20-5-3-4-6-21(20)23/h3-14H,15H2,1-2H3. The van der Waals surface area contributed by atoms with Gasteiger partial charge in [-0.2, -0.15) is 0 Å². The highest BCUT2D eigenvalue weighted by Gasteiger charge is 2.45. The molecule has 0 N–H and O–H groups in total. The molecule has 0 bridgehead atoms. The van der Waals surface area contributed by atoms with Crippen molar-refractivity contribution in [2.75, 3.05) is 0 Å². The van der Waals surface area contributed by atoms with Crippen molar-refractivity contribution in [3.8, 4) is 0 Å². The lowest BCUT2D eigenvalue weighted by atomic mass is 9.70. The molecule has 0 saturated heterocycles. The van der Waals surface area contributed by atoms with Gasteiger partial charge < -0.3 is 0 Å². The van der Waals surface area contributed by atoms with Crippen LogP contribution in [0.4, 0.5) is 0 Å². The maximum atomic E-state index is 12.8. The predicted octanol–water partition coefficient (Wildman–Crippen LogP) is 5.22. The molecule has 0 amide bonds. The van der Waals surface area contributed by atoms with E-state index in [0.717, 1.165) is 11.1 Å². The topological polar surface area (TPSA) is 17.1 Å². The van der Waals surface area contributed by atoms with Crippen molar-refractivity contribution >= 4 is 5.78 Å². The summed E-state index contributed by atoms with van der Waals surface area (Å²) >= 11 is 0. The fourth-order valence-corrected chi connectivity index (χ4v) is 3.89. The molecule has 3 aromatic rings. The average molecular weight is 312 g/mol. The molecule has 1 heteroatoms. The first-order chi connectivity index (χ1) is 11.6. The summed E-state index contributed by atoms with van der Waals surface area (Å²) < 4.78 is 0. The van der Waals surface area contributed by atoms with Crippen LogP contribution in [0.5, 0.6) is 0 Å². The highest BCUT2D eigenvalue weighted by atomic mass is 16.1. The number of hydrogen-bond donors (Lipinski definition) is 0. The molecule has 118 valence electrons. The second kappa shape index (κ2) is 5.45. The van der Waals surface area contributed by atoms with E-state index in [2.05, 4.69) is 68.4 Å². The van der Waals surface area contributed by atoms with Gasteiger partial charge in [0.2, 0.25) is 0 Å². The van der Waals surface area contributed by atoms with Gasteiger partial charge in [-0.05, 0) is 30.5 Å². The fourth-order valence-electron chi connectivity index (χ4n) is 3.89. The summed E-state index contributed by atoms with van der Waals surface area (Å²) in [6.07, 6.45) is 0.498. The molecule has 3 aromatic carbocycles. The van der Waals surface area contributed by atoms with E-state index < -0.39 is 0 Å². The van der Waals surface area contributed by atoms with Crippen molar-refractivity contribution in [1.82, 2.24) is 0 Å². The highest BCUT2D eigenvalue weighted by Crippen LogP contribution is 2.48. The Kier molecular flexibility index (Phi) is 3.38. The second-order valence-corrected chi connectivity index (χ2v) is 6.78. The van der Waals surface area contributed by atoms with Crippen LogP contribution in [0.1, 0.15) is 44.6 Å². The molecule has 1 aliphatic rings. The normalized spacial score (nSPS) is 15.3. The molecule has 0 heterocycles. The lowest BCUT2D eigenvalue weighted by molar-refractivity contribution is 0.0984. The van der Waals surface area contributed by atoms with E-state index in [1.807, 2.05) is 18.2 Å². The number of Topliss-reactive ketones (excluding diaryl/α,β-unsaturated/α-hetero) is 1. The predicted molar refractivity (Wildman–Crippen MR) is 97.6 cm³/mol. The molecule has 0 aliphatic heterocycles. The molecule has 0 aromatic heterocycles. The molecule has 24 heavy (non-hydrogen) atoms. The molecular formula is C23H20O. The van der Waals surface area contributed by atoms with E-state index in [-0.39, 0.29) is 11.2 Å². The van der Waals surface area contributed by atoms with Crippen LogP contribution in [0, 0.1) is 13.8 Å². The average Bonchev–Trinajstić information content (AvgIpc) is 2.91. The van der Waals surface area contributed by atoms with Gasteiger partial charge in [-0.25, -0.2) is 0 Å². The molecular weight excluding hydrogens is 292 g/mol. The van der Waals surface area contributed by atoms with Gasteiger partial charge in [0.15, 0.2) is 5.78 Å². The lowest BCUT2D eigenvalue weighted by Gasteiger charge is -2.31. The summed E-state index contributed by atoms with van der Waals surface area (Å²) in [5, 5.41) is 0. The van der Waals surface area contributed by atoms with E-state index >= 15 is 0 Å². The van der Waals surface area contributed by atoms with Crippen LogP contribution < -0.4 is 0 Å². The van der Waals surface area contributed by atoms with Crippen molar-refractivity contribution in [1.29, 1.82) is 0 Å². The summed E-state index contributed by atoms with van der Waals surface area (Å²) in [6, 6.07) is 25.3. The van der Waals surface area contributed by atoms with E-state index in [1.165, 1.54) is 22.3 Å². The Morgan fingerprint density at radius 2 is 1.21 bits per heavy atom. The third-order valence-corrected chi connectivity index (χ3v) is 5.20. The number of fused-ring (bicyclic) bond motifs is 1. The Morgan fingerprint density at radius 3 is 1.75 bits per heavy atom. The van der Waals surface area contributed by atoms with Crippen molar-refractivity contribution in [3.05, 3.63) is 106 Å². The molecule has 0 fully saturated rings. The molecule has 0 spiro atoms. The van der Waals surface area contributed by atoms with Gasteiger partial charge in [-0.15, -0.1) is 0 Å². The van der Waals surface area contributed by atoms with Crippen LogP contribution in [0.2, 0.25) is 0 Å². The fraction of sp³-hybridized carbons (Fsp3) is 0.174. The second-order valence-electron chi connectivity index (χ2n) is 6.78. The van der Waals surface area contributed by atoms with Crippen molar-refractivity contribution in [2.45, 2.75) is 25.7 Å². The lowest BCUT2D eigenvalue weighted by Crippen LogP contribution is -2.27. The van der Waals surface area contributed by atoms with E-state index in [9.17, 15) is 4.79 Å². The Hall–Kier alpha value is -2.67. The summed E-state index contributed by atoms with van der Waals surface area (Å²) in [4.78, 5) is 12.8. The number of carbonyl (C=O) groups excluding carboxylic acids is 1. The molecule has 0 radical (unpaired) electrons. The summed E-state index contributed by atoms with van der Waals surface area (Å²) in [7, 11) is 0. The van der Waals surface area contributed by atoms with Gasteiger partial charge in [0.05, 0.1) is 5.41 Å². The maximum absolute atomic E-state index is 12.8. The molecule has 0 atom stereocenters. The minimum atomic E-state index is -0.380. The Morgan fingerprint density at radius 1 is 0.708 bits per heavy atom. The van der Waals surface area contributed by atoms with E-state index in [0.29, 0.717) is 6.42 Å². The third kappa shape index (κ3) is 2.12. The SMILES string of the molecule is Cc1ccc(C2(c3ccc(C)cc3)CC(=O)c3ccccc32)cc1. The van der Waals surface area contributed by atoms with Crippen LogP contribution in [-0.2, 0) is 5.41 Å². The minimum absolute atomic E-state index is 0.228. The number of hydrogen-bond acceptors (Lipinski definition) is 1. The van der Waals surface area contributed by atoms with Crippen LogP contribution in [0.3, 0.4) is 0 Å². The zero-order chi connectivity index (χ0) is 16.7. The quantitative estimate of drug-likeness (QED) is 0.633. The smallest absolute Gasteiger partial charge is 0.164 e. The van der Waals surface area contributed by atoms with Gasteiger partial charge in [-0.3, -0.25) is 4.79 Å². The first kappa shape index (κ1) is 14.9. The molecule has 1 aliphatic carbocycles. The molecule has 4 rings (SSSR count). The van der Waals surface area contributed by atoms with Gasteiger partial charge in [-0.1, -0.05) is 83.9 Å². The number of ketones is 1. The van der Waals surface area contributed by atoms with Crippen molar-refractivity contribution in [3.63, 3.8) is 0 Å². The van der Waals surface area contributed by atoms with Crippen LogP contribution in [-0.4, -0.2) is 5.78 Å². The van der Waals surface area contributed by atoms with E-state index in [1.54, 1.807) is 0 Å². The molecule has 0 unspecified atom stereocenters. The summed E-state index contributed by atoms with van der Waals surface area (Å²) in [6.45, 7) is 4.19. The number of benzene rings is 3. The maximum Gasteiger partial charge on any atom is 0.164 e. The molecule has 0 saturated carbocycles. The van der Waals surface area contributed by atoms with Gasteiger partial charge in [0.1, 0.15) is 0 Å². The first-order valence-electron chi connectivity index (χ1n) is 8.38. The number of rotatable bonds is 2. The first-order valence-corrected chi connectivity index (χ1v) is 8.38. The van der Waals surface area contributed by atoms with Crippen LogP contribution >= 0.6 is 0 Å². The highest BCUT2D eigenvalue weighted by molar-refractivity contribution is 6.03. The zero-order valence-corrected chi connectivity index (χ0v) is 14.0. The summed E-state index contributed by atoms with van der Waals surface area (Å²) in [5.41, 5.74) is 6.45. The van der Waals surface area contributed by atoms with Crippen LogP contribution in [0.15, 0.2) is 72.8 Å². The van der Waals surface area contributed by atoms with Gasteiger partial charge in [0, 0.05) is 12.0 Å². The zero-order valence-electron chi connectivity index (χ0n) is 14.0. The van der Waals surface area contributed by atoms with Crippen molar-refractivity contribution in [2.24, 2.45) is 0 Å². The minimum Gasteiger partial charge on any atom is -0.294 e.